The standard InChI is InChI=1S/C13H10FNO.2C2H6/c14-13-3-1-2-10(7-13)6-12-8-15-5-4-11(12)9-16;2*1-2/h1-5,7-9H,6H2;2*1-2H3. The second-order valence-corrected chi connectivity index (χ2v) is 3.50. The third kappa shape index (κ3) is 5.74. The highest BCUT2D eigenvalue weighted by Crippen LogP contribution is 2.12. The summed E-state index contributed by atoms with van der Waals surface area (Å²) in [5, 5.41) is 0. The molecule has 2 nitrogen and oxygen atoms in total. The zero-order valence-electron chi connectivity index (χ0n) is 12.6. The van der Waals surface area contributed by atoms with Crippen LogP contribution in [0.4, 0.5) is 4.39 Å². The van der Waals surface area contributed by atoms with Gasteiger partial charge in [0.05, 0.1) is 0 Å². The van der Waals surface area contributed by atoms with Crippen molar-refractivity contribution in [3.63, 3.8) is 0 Å². The quantitative estimate of drug-likeness (QED) is 0.761. The maximum Gasteiger partial charge on any atom is 0.150 e. The molecular formula is C17H22FNO. The van der Waals surface area contributed by atoms with E-state index in [9.17, 15) is 9.18 Å². The van der Waals surface area contributed by atoms with Crippen LogP contribution in [-0.4, -0.2) is 11.3 Å². The molecule has 2 aromatic rings. The molecule has 3 heteroatoms. The number of rotatable bonds is 3. The lowest BCUT2D eigenvalue weighted by molar-refractivity contribution is 0.112. The summed E-state index contributed by atoms with van der Waals surface area (Å²) in [7, 11) is 0. The normalized spacial score (nSPS) is 8.65. The molecule has 1 heterocycles. The summed E-state index contributed by atoms with van der Waals surface area (Å²) in [6, 6.07) is 7.99. The van der Waals surface area contributed by atoms with Crippen LogP contribution in [0.15, 0.2) is 42.7 Å². The Morgan fingerprint density at radius 3 is 2.45 bits per heavy atom. The van der Waals surface area contributed by atoms with Crippen LogP contribution in [0.3, 0.4) is 0 Å². The lowest BCUT2D eigenvalue weighted by atomic mass is 10.0. The minimum atomic E-state index is -0.269. The Labute approximate surface area is 120 Å². The molecule has 0 aliphatic heterocycles. The first-order chi connectivity index (χ1) is 9.79. The van der Waals surface area contributed by atoms with Crippen LogP contribution in [-0.2, 0) is 6.42 Å². The van der Waals surface area contributed by atoms with Gasteiger partial charge in [-0.2, -0.15) is 0 Å². The van der Waals surface area contributed by atoms with Gasteiger partial charge in [0.2, 0.25) is 0 Å². The molecule has 0 saturated carbocycles. The highest BCUT2D eigenvalue weighted by Gasteiger charge is 2.03. The predicted molar refractivity (Wildman–Crippen MR) is 81.5 cm³/mol. The van der Waals surface area contributed by atoms with Gasteiger partial charge in [-0.1, -0.05) is 39.8 Å². The zero-order chi connectivity index (χ0) is 15.4. The molecule has 1 aromatic carbocycles. The van der Waals surface area contributed by atoms with Gasteiger partial charge in [0, 0.05) is 18.0 Å². The van der Waals surface area contributed by atoms with Crippen LogP contribution in [0.5, 0.6) is 0 Å². The van der Waals surface area contributed by atoms with Crippen molar-refractivity contribution in [2.45, 2.75) is 34.1 Å². The maximum absolute atomic E-state index is 13.0. The fourth-order valence-corrected chi connectivity index (χ4v) is 1.57. The third-order valence-corrected chi connectivity index (χ3v) is 2.35. The zero-order valence-corrected chi connectivity index (χ0v) is 12.6. The molecule has 20 heavy (non-hydrogen) atoms. The van der Waals surface area contributed by atoms with Gasteiger partial charge in [-0.3, -0.25) is 9.78 Å². The van der Waals surface area contributed by atoms with E-state index in [-0.39, 0.29) is 5.82 Å². The van der Waals surface area contributed by atoms with E-state index < -0.39 is 0 Å². The number of pyridine rings is 1. The summed E-state index contributed by atoms with van der Waals surface area (Å²) in [6.45, 7) is 8.00. The van der Waals surface area contributed by atoms with Crippen LogP contribution in [0.25, 0.3) is 0 Å². The number of carbonyl (C=O) groups is 1. The number of benzene rings is 1. The molecular weight excluding hydrogens is 253 g/mol. The molecule has 0 radical (unpaired) electrons. The van der Waals surface area contributed by atoms with Crippen molar-refractivity contribution in [1.29, 1.82) is 0 Å². The minimum absolute atomic E-state index is 0.269. The molecule has 0 bridgehead atoms. The first kappa shape index (κ1) is 18.0. The van der Waals surface area contributed by atoms with Gasteiger partial charge in [0.1, 0.15) is 12.1 Å². The van der Waals surface area contributed by atoms with E-state index in [1.54, 1.807) is 24.5 Å². The molecule has 0 unspecified atom stereocenters. The van der Waals surface area contributed by atoms with Gasteiger partial charge < -0.3 is 0 Å². The van der Waals surface area contributed by atoms with Gasteiger partial charge >= 0.3 is 0 Å². The Bertz CT molecular complexity index is 512. The van der Waals surface area contributed by atoms with Crippen molar-refractivity contribution in [2.75, 3.05) is 0 Å². The van der Waals surface area contributed by atoms with Gasteiger partial charge in [0.15, 0.2) is 0 Å². The topological polar surface area (TPSA) is 30.0 Å². The molecule has 2 rings (SSSR count). The van der Waals surface area contributed by atoms with Crippen molar-refractivity contribution in [1.82, 2.24) is 4.98 Å². The van der Waals surface area contributed by atoms with E-state index in [0.29, 0.717) is 12.0 Å². The Hall–Kier alpha value is -2.03. The fourth-order valence-electron chi connectivity index (χ4n) is 1.57. The highest BCUT2D eigenvalue weighted by atomic mass is 19.1. The van der Waals surface area contributed by atoms with Gasteiger partial charge in [0.25, 0.3) is 0 Å². The van der Waals surface area contributed by atoms with Crippen LogP contribution < -0.4 is 0 Å². The number of hydrogen-bond donors (Lipinski definition) is 0. The molecule has 0 aliphatic rings. The van der Waals surface area contributed by atoms with Crippen LogP contribution >= 0.6 is 0 Å². The molecule has 0 N–H and O–H groups in total. The van der Waals surface area contributed by atoms with Gasteiger partial charge in [-0.05, 0) is 35.7 Å². The molecule has 1 aromatic heterocycles. The molecule has 0 saturated heterocycles. The maximum atomic E-state index is 13.0. The molecule has 0 aliphatic carbocycles. The van der Waals surface area contributed by atoms with Crippen molar-refractivity contribution in [2.24, 2.45) is 0 Å². The van der Waals surface area contributed by atoms with Crippen molar-refractivity contribution in [3.05, 3.63) is 65.2 Å². The van der Waals surface area contributed by atoms with Gasteiger partial charge in [-0.25, -0.2) is 4.39 Å². The lowest BCUT2D eigenvalue weighted by Crippen LogP contribution is -1.95. The number of aldehydes is 1. The van der Waals surface area contributed by atoms with Crippen molar-refractivity contribution < 1.29 is 9.18 Å². The molecule has 0 fully saturated rings. The largest absolute Gasteiger partial charge is 0.298 e. The van der Waals surface area contributed by atoms with E-state index in [2.05, 4.69) is 4.98 Å². The van der Waals surface area contributed by atoms with E-state index in [4.69, 9.17) is 0 Å². The number of halogens is 1. The average molecular weight is 275 g/mol. The summed E-state index contributed by atoms with van der Waals surface area (Å²) < 4.78 is 13.0. The summed E-state index contributed by atoms with van der Waals surface area (Å²) in [5.74, 6) is -0.269. The number of nitrogens with zero attached hydrogens (tertiary/aromatic N) is 1. The molecule has 108 valence electrons. The van der Waals surface area contributed by atoms with Crippen LogP contribution in [0, 0.1) is 5.82 Å². The molecule has 0 atom stereocenters. The number of aromatic nitrogens is 1. The Morgan fingerprint density at radius 2 is 1.85 bits per heavy atom. The first-order valence-electron chi connectivity index (χ1n) is 6.92. The predicted octanol–water partition coefficient (Wildman–Crippen LogP) is 4.68. The Balaban J connectivity index is 0.000000829. The minimum Gasteiger partial charge on any atom is -0.298 e. The van der Waals surface area contributed by atoms with Gasteiger partial charge in [-0.15, -0.1) is 0 Å². The van der Waals surface area contributed by atoms with E-state index in [1.807, 2.05) is 33.8 Å². The average Bonchev–Trinajstić information content (AvgIpc) is 2.52. The van der Waals surface area contributed by atoms with E-state index >= 15 is 0 Å². The van der Waals surface area contributed by atoms with Crippen molar-refractivity contribution >= 4 is 6.29 Å². The summed E-state index contributed by atoms with van der Waals surface area (Å²) in [5.41, 5.74) is 2.23. The van der Waals surface area contributed by atoms with Crippen LogP contribution in [0.1, 0.15) is 49.2 Å². The number of hydrogen-bond acceptors (Lipinski definition) is 2. The second-order valence-electron chi connectivity index (χ2n) is 3.50. The highest BCUT2D eigenvalue weighted by molar-refractivity contribution is 5.77. The monoisotopic (exact) mass is 275 g/mol. The molecule has 0 amide bonds. The van der Waals surface area contributed by atoms with Crippen LogP contribution in [0.2, 0.25) is 0 Å². The summed E-state index contributed by atoms with van der Waals surface area (Å²) in [6.07, 6.45) is 4.50. The van der Waals surface area contributed by atoms with E-state index in [0.717, 1.165) is 17.4 Å². The van der Waals surface area contributed by atoms with E-state index in [1.165, 1.54) is 12.1 Å². The molecule has 0 spiro atoms. The first-order valence-corrected chi connectivity index (χ1v) is 6.92. The summed E-state index contributed by atoms with van der Waals surface area (Å²) >= 11 is 0. The van der Waals surface area contributed by atoms with Crippen molar-refractivity contribution in [3.8, 4) is 0 Å². The second kappa shape index (κ2) is 10.9. The Kier molecular flexibility index (Phi) is 9.75. The third-order valence-electron chi connectivity index (χ3n) is 2.35. The lowest BCUT2D eigenvalue weighted by Gasteiger charge is -2.04. The summed E-state index contributed by atoms with van der Waals surface area (Å²) in [4.78, 5) is 14.7. The smallest absolute Gasteiger partial charge is 0.150 e. The fraction of sp³-hybridized carbons (Fsp3) is 0.294. The number of carbonyl (C=O) groups excluding carboxylic acids is 1. The Morgan fingerprint density at radius 1 is 1.15 bits per heavy atom. The SMILES string of the molecule is CC.CC.O=Cc1ccncc1Cc1cccc(F)c1.